The Kier molecular flexibility index (Phi) is 3.30. The van der Waals surface area contributed by atoms with Crippen LogP contribution < -0.4 is 0 Å². The van der Waals surface area contributed by atoms with E-state index in [-0.39, 0.29) is 0 Å². The molecule has 0 amide bonds. The molecule has 2 aromatic rings. The molecular formula is C11H14ClN3S. The lowest BCUT2D eigenvalue weighted by Gasteiger charge is -2.01. The SMILES string of the molecule is Cc1csc(Cn2nc(C)c(CCl)c2C)n1. The lowest BCUT2D eigenvalue weighted by Crippen LogP contribution is -2.04. The van der Waals surface area contributed by atoms with Gasteiger partial charge in [0.15, 0.2) is 0 Å². The molecule has 2 aromatic heterocycles. The Bertz CT molecular complexity index is 501. The van der Waals surface area contributed by atoms with Crippen LogP contribution in [0.25, 0.3) is 0 Å². The molecule has 0 unspecified atom stereocenters. The molecule has 0 saturated carbocycles. The van der Waals surface area contributed by atoms with Crippen LogP contribution in [0.5, 0.6) is 0 Å². The topological polar surface area (TPSA) is 30.7 Å². The summed E-state index contributed by atoms with van der Waals surface area (Å²) in [5, 5.41) is 7.63. The zero-order valence-electron chi connectivity index (χ0n) is 9.62. The van der Waals surface area contributed by atoms with Gasteiger partial charge in [0, 0.05) is 22.3 Å². The molecular weight excluding hydrogens is 242 g/mol. The Balaban J connectivity index is 2.28. The van der Waals surface area contributed by atoms with E-state index in [0.717, 1.165) is 34.2 Å². The number of aromatic nitrogens is 3. The summed E-state index contributed by atoms with van der Waals surface area (Å²) in [5.74, 6) is 0.522. The molecule has 3 nitrogen and oxygen atoms in total. The van der Waals surface area contributed by atoms with Crippen LogP contribution in [-0.2, 0) is 12.4 Å². The molecule has 0 fully saturated rings. The van der Waals surface area contributed by atoms with Crippen molar-refractivity contribution in [2.24, 2.45) is 0 Å². The van der Waals surface area contributed by atoms with Crippen LogP contribution in [0.4, 0.5) is 0 Å². The van der Waals surface area contributed by atoms with Crippen LogP contribution in [0.1, 0.15) is 27.7 Å². The average Bonchev–Trinajstić information content (AvgIpc) is 2.74. The molecule has 0 aliphatic rings. The van der Waals surface area contributed by atoms with E-state index >= 15 is 0 Å². The van der Waals surface area contributed by atoms with E-state index in [1.807, 2.05) is 18.5 Å². The van der Waals surface area contributed by atoms with Crippen LogP contribution in [-0.4, -0.2) is 14.8 Å². The molecule has 0 aromatic carbocycles. The summed E-state index contributed by atoms with van der Waals surface area (Å²) in [6.45, 7) is 6.79. The van der Waals surface area contributed by atoms with E-state index in [4.69, 9.17) is 11.6 Å². The first-order valence-electron chi connectivity index (χ1n) is 5.11. The predicted octanol–water partition coefficient (Wildman–Crippen LogP) is 3.05. The highest BCUT2D eigenvalue weighted by Crippen LogP contribution is 2.17. The van der Waals surface area contributed by atoms with Crippen molar-refractivity contribution < 1.29 is 0 Å². The average molecular weight is 256 g/mol. The van der Waals surface area contributed by atoms with Gasteiger partial charge in [-0.05, 0) is 20.8 Å². The minimum atomic E-state index is 0.522. The third-order valence-corrected chi connectivity index (χ3v) is 3.84. The number of alkyl halides is 1. The van der Waals surface area contributed by atoms with E-state index in [0.29, 0.717) is 5.88 Å². The molecule has 0 aliphatic heterocycles. The second kappa shape index (κ2) is 4.55. The van der Waals surface area contributed by atoms with Crippen molar-refractivity contribution in [2.45, 2.75) is 33.2 Å². The van der Waals surface area contributed by atoms with Gasteiger partial charge in [-0.2, -0.15) is 5.10 Å². The zero-order valence-corrected chi connectivity index (χ0v) is 11.2. The monoisotopic (exact) mass is 255 g/mol. The number of hydrogen-bond acceptors (Lipinski definition) is 3. The third-order valence-electron chi connectivity index (χ3n) is 2.62. The molecule has 0 bridgehead atoms. The number of nitrogens with zero attached hydrogens (tertiary/aromatic N) is 3. The van der Waals surface area contributed by atoms with Gasteiger partial charge in [-0.25, -0.2) is 4.98 Å². The van der Waals surface area contributed by atoms with Gasteiger partial charge in [-0.3, -0.25) is 4.68 Å². The Morgan fingerprint density at radius 1 is 1.38 bits per heavy atom. The quantitative estimate of drug-likeness (QED) is 0.790. The van der Waals surface area contributed by atoms with E-state index in [2.05, 4.69) is 22.4 Å². The second-order valence-corrected chi connectivity index (χ2v) is 5.03. The molecule has 2 rings (SSSR count). The summed E-state index contributed by atoms with van der Waals surface area (Å²) < 4.78 is 1.98. The first kappa shape index (κ1) is 11.6. The normalized spacial score (nSPS) is 11.0. The highest BCUT2D eigenvalue weighted by atomic mass is 35.5. The van der Waals surface area contributed by atoms with Gasteiger partial charge in [0.25, 0.3) is 0 Å². The van der Waals surface area contributed by atoms with Gasteiger partial charge >= 0.3 is 0 Å². The van der Waals surface area contributed by atoms with Gasteiger partial charge in [-0.15, -0.1) is 22.9 Å². The Morgan fingerprint density at radius 3 is 2.62 bits per heavy atom. The summed E-state index contributed by atoms with van der Waals surface area (Å²) in [5.41, 5.74) is 4.36. The molecule has 5 heteroatoms. The van der Waals surface area contributed by atoms with Crippen molar-refractivity contribution in [3.05, 3.63) is 33.0 Å². The standard InChI is InChI=1S/C11H14ClN3S/c1-7-6-16-11(13-7)5-15-9(3)10(4-12)8(2)14-15/h6H,4-5H2,1-3H3. The molecule has 0 saturated heterocycles. The maximum absolute atomic E-state index is 5.89. The molecule has 0 aliphatic carbocycles. The fourth-order valence-electron chi connectivity index (χ4n) is 1.68. The highest BCUT2D eigenvalue weighted by molar-refractivity contribution is 7.09. The second-order valence-electron chi connectivity index (χ2n) is 3.82. The number of hydrogen-bond donors (Lipinski definition) is 0. The molecule has 0 spiro atoms. The molecule has 86 valence electrons. The lowest BCUT2D eigenvalue weighted by molar-refractivity contribution is 0.654. The first-order chi connectivity index (χ1) is 7.61. The van der Waals surface area contributed by atoms with Gasteiger partial charge in [-0.1, -0.05) is 0 Å². The fourth-order valence-corrected chi connectivity index (χ4v) is 2.82. The maximum atomic E-state index is 5.89. The van der Waals surface area contributed by atoms with Gasteiger partial charge in [0.05, 0.1) is 18.1 Å². The largest absolute Gasteiger partial charge is 0.262 e. The molecule has 0 N–H and O–H groups in total. The van der Waals surface area contributed by atoms with E-state index < -0.39 is 0 Å². The maximum Gasteiger partial charge on any atom is 0.114 e. The van der Waals surface area contributed by atoms with Crippen molar-refractivity contribution >= 4 is 22.9 Å². The highest BCUT2D eigenvalue weighted by Gasteiger charge is 2.11. The number of rotatable bonds is 3. The molecule has 2 heterocycles. The van der Waals surface area contributed by atoms with Crippen LogP contribution >= 0.6 is 22.9 Å². The Hall–Kier alpha value is -0.870. The van der Waals surface area contributed by atoms with Crippen LogP contribution in [0.3, 0.4) is 0 Å². The van der Waals surface area contributed by atoms with Gasteiger partial charge in [0.1, 0.15) is 5.01 Å². The number of halogens is 1. The van der Waals surface area contributed by atoms with Crippen LogP contribution in [0, 0.1) is 20.8 Å². The summed E-state index contributed by atoms with van der Waals surface area (Å²) in [6, 6.07) is 0. The lowest BCUT2D eigenvalue weighted by atomic mass is 10.2. The molecule has 16 heavy (non-hydrogen) atoms. The summed E-state index contributed by atoms with van der Waals surface area (Å²) in [4.78, 5) is 4.44. The summed E-state index contributed by atoms with van der Waals surface area (Å²) in [6.07, 6.45) is 0. The van der Waals surface area contributed by atoms with Crippen molar-refractivity contribution in [3.63, 3.8) is 0 Å². The third kappa shape index (κ3) is 2.13. The molecule has 0 radical (unpaired) electrons. The fraction of sp³-hybridized carbons (Fsp3) is 0.455. The van der Waals surface area contributed by atoms with E-state index in [1.54, 1.807) is 11.3 Å². The Labute approximate surface area is 104 Å². The van der Waals surface area contributed by atoms with Crippen molar-refractivity contribution in [1.82, 2.24) is 14.8 Å². The van der Waals surface area contributed by atoms with E-state index in [9.17, 15) is 0 Å². The smallest absolute Gasteiger partial charge is 0.114 e. The van der Waals surface area contributed by atoms with Crippen LogP contribution in [0.15, 0.2) is 5.38 Å². The zero-order chi connectivity index (χ0) is 11.7. The van der Waals surface area contributed by atoms with Crippen molar-refractivity contribution in [3.8, 4) is 0 Å². The Morgan fingerprint density at radius 2 is 2.12 bits per heavy atom. The van der Waals surface area contributed by atoms with E-state index in [1.165, 1.54) is 0 Å². The van der Waals surface area contributed by atoms with Crippen molar-refractivity contribution in [2.75, 3.05) is 0 Å². The predicted molar refractivity (Wildman–Crippen MR) is 67.2 cm³/mol. The van der Waals surface area contributed by atoms with Gasteiger partial charge in [0.2, 0.25) is 0 Å². The summed E-state index contributed by atoms with van der Waals surface area (Å²) in [7, 11) is 0. The minimum absolute atomic E-state index is 0.522. The first-order valence-corrected chi connectivity index (χ1v) is 6.53. The van der Waals surface area contributed by atoms with Crippen molar-refractivity contribution in [1.29, 1.82) is 0 Å². The number of aryl methyl sites for hydroxylation is 2. The van der Waals surface area contributed by atoms with Crippen LogP contribution in [0.2, 0.25) is 0 Å². The number of thiazole rings is 1. The molecule has 0 atom stereocenters. The summed E-state index contributed by atoms with van der Waals surface area (Å²) >= 11 is 7.56. The van der Waals surface area contributed by atoms with Gasteiger partial charge < -0.3 is 0 Å². The minimum Gasteiger partial charge on any atom is -0.262 e.